The predicted molar refractivity (Wildman–Crippen MR) is 152 cm³/mol. The average Bonchev–Trinajstić information content (AvgIpc) is 3.40. The number of fused-ring (bicyclic) bond motifs is 1. The molecule has 2 aromatic heterocycles. The molecule has 38 heavy (non-hydrogen) atoms. The van der Waals surface area contributed by atoms with E-state index in [9.17, 15) is 9.59 Å². The van der Waals surface area contributed by atoms with Gasteiger partial charge in [0.15, 0.2) is 0 Å². The topological polar surface area (TPSA) is 82.4 Å². The number of rotatable bonds is 8. The zero-order chi connectivity index (χ0) is 26.6. The minimum absolute atomic E-state index is 0.252. The number of methoxy groups -OCH3 is 2. The lowest BCUT2D eigenvalue weighted by Crippen LogP contribution is -2.33. The Kier molecular flexibility index (Phi) is 7.24. The van der Waals surface area contributed by atoms with Gasteiger partial charge in [0.2, 0.25) is 5.91 Å². The smallest absolute Gasteiger partial charge is 0.263 e. The van der Waals surface area contributed by atoms with E-state index in [4.69, 9.17) is 9.47 Å². The standard InChI is InChI=1S/C30H27N3O4S/c1-4-25(28(34)32-24-16-22(36-2)14-15-26(24)37-3)33-18-31-29-27(30(33)35)23(17-38-29)21-12-10-20(11-13-21)19-8-6-5-7-9-19/h5-18,25H,4H2,1-3H3,(H,32,34). The first-order chi connectivity index (χ1) is 18.5. The third kappa shape index (κ3) is 4.78. The van der Waals surface area contributed by atoms with Gasteiger partial charge in [0.05, 0.1) is 31.6 Å². The van der Waals surface area contributed by atoms with Gasteiger partial charge in [-0.1, -0.05) is 61.5 Å². The summed E-state index contributed by atoms with van der Waals surface area (Å²) >= 11 is 1.42. The first kappa shape index (κ1) is 25.2. The molecular formula is C30H27N3O4S. The van der Waals surface area contributed by atoms with Crippen molar-refractivity contribution in [1.82, 2.24) is 9.55 Å². The predicted octanol–water partition coefficient (Wildman–Crippen LogP) is 6.40. The fourth-order valence-corrected chi connectivity index (χ4v) is 5.40. The van der Waals surface area contributed by atoms with Crippen molar-refractivity contribution in [2.24, 2.45) is 0 Å². The zero-order valence-electron chi connectivity index (χ0n) is 21.3. The van der Waals surface area contributed by atoms with Crippen molar-refractivity contribution in [2.45, 2.75) is 19.4 Å². The molecule has 0 aliphatic carbocycles. The monoisotopic (exact) mass is 525 g/mol. The average molecular weight is 526 g/mol. The van der Waals surface area contributed by atoms with Crippen LogP contribution in [0.5, 0.6) is 11.5 Å². The highest BCUT2D eigenvalue weighted by molar-refractivity contribution is 7.17. The van der Waals surface area contributed by atoms with E-state index in [2.05, 4.69) is 22.4 Å². The van der Waals surface area contributed by atoms with Crippen LogP contribution >= 0.6 is 11.3 Å². The fraction of sp³-hybridized carbons (Fsp3) is 0.167. The number of anilines is 1. The molecule has 1 unspecified atom stereocenters. The van der Waals surface area contributed by atoms with Gasteiger partial charge in [-0.05, 0) is 35.2 Å². The molecule has 0 fully saturated rings. The van der Waals surface area contributed by atoms with E-state index < -0.39 is 6.04 Å². The van der Waals surface area contributed by atoms with Gasteiger partial charge in [-0.3, -0.25) is 14.2 Å². The summed E-state index contributed by atoms with van der Waals surface area (Å²) in [5.41, 5.74) is 4.17. The summed E-state index contributed by atoms with van der Waals surface area (Å²) in [6.45, 7) is 1.86. The molecule has 0 aliphatic heterocycles. The molecule has 3 aromatic carbocycles. The largest absolute Gasteiger partial charge is 0.497 e. The molecule has 8 heteroatoms. The van der Waals surface area contributed by atoms with Crippen molar-refractivity contribution in [3.8, 4) is 33.8 Å². The highest BCUT2D eigenvalue weighted by atomic mass is 32.1. The van der Waals surface area contributed by atoms with Crippen LogP contribution in [0.2, 0.25) is 0 Å². The van der Waals surface area contributed by atoms with E-state index in [-0.39, 0.29) is 11.5 Å². The van der Waals surface area contributed by atoms with Crippen LogP contribution in [0.1, 0.15) is 19.4 Å². The lowest BCUT2D eigenvalue weighted by atomic mass is 10.0. The number of nitrogens with zero attached hydrogens (tertiary/aromatic N) is 2. The molecule has 0 aliphatic rings. The number of nitrogens with one attached hydrogen (secondary N) is 1. The molecule has 5 aromatic rings. The van der Waals surface area contributed by atoms with Crippen molar-refractivity contribution in [1.29, 1.82) is 0 Å². The Morgan fingerprint density at radius 2 is 1.68 bits per heavy atom. The van der Waals surface area contributed by atoms with Crippen LogP contribution < -0.4 is 20.3 Å². The summed E-state index contributed by atoms with van der Waals surface area (Å²) in [6.07, 6.45) is 1.86. The highest BCUT2D eigenvalue weighted by Crippen LogP contribution is 2.33. The normalized spacial score (nSPS) is 11.8. The maximum atomic E-state index is 13.8. The summed E-state index contributed by atoms with van der Waals surface area (Å²) in [5, 5.41) is 5.35. The van der Waals surface area contributed by atoms with Crippen LogP contribution in [0.25, 0.3) is 32.5 Å². The minimum atomic E-state index is -0.761. The Morgan fingerprint density at radius 1 is 0.974 bits per heavy atom. The SMILES string of the molecule is CCC(C(=O)Nc1cc(OC)ccc1OC)n1cnc2scc(-c3ccc(-c4ccccc4)cc3)c2c1=O. The van der Waals surface area contributed by atoms with Crippen LogP contribution in [-0.2, 0) is 4.79 Å². The molecule has 5 rings (SSSR count). The number of aromatic nitrogens is 2. The van der Waals surface area contributed by atoms with Crippen LogP contribution in [0, 0.1) is 0 Å². The van der Waals surface area contributed by atoms with E-state index in [1.807, 2.05) is 54.8 Å². The van der Waals surface area contributed by atoms with Gasteiger partial charge in [-0.25, -0.2) is 4.98 Å². The molecule has 0 radical (unpaired) electrons. The van der Waals surface area contributed by atoms with Crippen LogP contribution in [0.4, 0.5) is 5.69 Å². The summed E-state index contributed by atoms with van der Waals surface area (Å²) in [7, 11) is 3.08. The van der Waals surface area contributed by atoms with Crippen molar-refractivity contribution in [3.63, 3.8) is 0 Å². The van der Waals surface area contributed by atoms with Crippen LogP contribution in [0.3, 0.4) is 0 Å². The molecular weight excluding hydrogens is 498 g/mol. The number of amides is 1. The number of hydrogen-bond acceptors (Lipinski definition) is 6. The third-order valence-corrected chi connectivity index (χ3v) is 7.40. The summed E-state index contributed by atoms with van der Waals surface area (Å²) in [4.78, 5) is 32.3. The van der Waals surface area contributed by atoms with Crippen molar-refractivity contribution in [2.75, 3.05) is 19.5 Å². The Morgan fingerprint density at radius 3 is 2.37 bits per heavy atom. The maximum absolute atomic E-state index is 13.8. The minimum Gasteiger partial charge on any atom is -0.497 e. The lowest BCUT2D eigenvalue weighted by molar-refractivity contribution is -0.119. The second kappa shape index (κ2) is 10.9. The van der Waals surface area contributed by atoms with Crippen molar-refractivity contribution in [3.05, 3.63) is 94.9 Å². The van der Waals surface area contributed by atoms with Gasteiger partial charge in [-0.2, -0.15) is 0 Å². The Balaban J connectivity index is 1.49. The summed E-state index contributed by atoms with van der Waals surface area (Å²) in [5.74, 6) is 0.732. The van der Waals surface area contributed by atoms with Gasteiger partial charge in [0, 0.05) is 17.0 Å². The second-order valence-electron chi connectivity index (χ2n) is 8.71. The van der Waals surface area contributed by atoms with Crippen molar-refractivity contribution >= 4 is 33.1 Å². The molecule has 0 spiro atoms. The van der Waals surface area contributed by atoms with Crippen LogP contribution in [-0.4, -0.2) is 29.7 Å². The quantitative estimate of drug-likeness (QED) is 0.254. The van der Waals surface area contributed by atoms with Gasteiger partial charge in [-0.15, -0.1) is 11.3 Å². The fourth-order valence-electron chi connectivity index (χ4n) is 4.49. The molecule has 1 amide bonds. The number of benzene rings is 3. The molecule has 192 valence electrons. The Bertz CT molecular complexity index is 1640. The van der Waals surface area contributed by atoms with Gasteiger partial charge < -0.3 is 14.8 Å². The van der Waals surface area contributed by atoms with E-state index in [1.165, 1.54) is 29.3 Å². The molecule has 1 N–H and O–H groups in total. The highest BCUT2D eigenvalue weighted by Gasteiger charge is 2.24. The molecule has 7 nitrogen and oxygen atoms in total. The number of carbonyl (C=O) groups excluding carboxylic acids is 1. The third-order valence-electron chi connectivity index (χ3n) is 6.51. The number of ether oxygens (including phenoxy) is 2. The van der Waals surface area contributed by atoms with E-state index in [0.717, 1.165) is 22.3 Å². The summed E-state index contributed by atoms with van der Waals surface area (Å²) in [6, 6.07) is 22.7. The summed E-state index contributed by atoms with van der Waals surface area (Å²) < 4.78 is 12.1. The van der Waals surface area contributed by atoms with Gasteiger partial charge in [0.1, 0.15) is 22.4 Å². The van der Waals surface area contributed by atoms with Crippen molar-refractivity contribution < 1.29 is 14.3 Å². The molecule has 1 atom stereocenters. The molecule has 2 heterocycles. The number of hydrogen-bond donors (Lipinski definition) is 1. The second-order valence-corrected chi connectivity index (χ2v) is 9.57. The molecule has 0 bridgehead atoms. The van der Waals surface area contributed by atoms with Gasteiger partial charge >= 0.3 is 0 Å². The van der Waals surface area contributed by atoms with Crippen LogP contribution in [0.15, 0.2) is 89.3 Å². The Hall–Kier alpha value is -4.43. The maximum Gasteiger partial charge on any atom is 0.263 e. The first-order valence-electron chi connectivity index (χ1n) is 12.2. The lowest BCUT2D eigenvalue weighted by Gasteiger charge is -2.19. The first-order valence-corrected chi connectivity index (χ1v) is 13.1. The zero-order valence-corrected chi connectivity index (χ0v) is 22.1. The van der Waals surface area contributed by atoms with E-state index in [0.29, 0.717) is 33.8 Å². The number of thiophene rings is 1. The number of carbonyl (C=O) groups is 1. The van der Waals surface area contributed by atoms with E-state index in [1.54, 1.807) is 25.3 Å². The molecule has 0 saturated carbocycles. The molecule has 0 saturated heterocycles. The van der Waals surface area contributed by atoms with Gasteiger partial charge in [0.25, 0.3) is 5.56 Å². The van der Waals surface area contributed by atoms with E-state index >= 15 is 0 Å². The Labute approximate surface area is 224 Å².